The monoisotopic (exact) mass is 626 g/mol. The number of pyridine rings is 1. The summed E-state index contributed by atoms with van der Waals surface area (Å²) in [5, 5.41) is 6.11. The zero-order valence-electron chi connectivity index (χ0n) is 23.7. The Morgan fingerprint density at radius 2 is 1.77 bits per heavy atom. The summed E-state index contributed by atoms with van der Waals surface area (Å²) in [6.07, 6.45) is 7.69. The fourth-order valence-corrected chi connectivity index (χ4v) is 7.21. The molecule has 2 amide bonds. The number of hydrogen-bond donors (Lipinski definition) is 2. The molecule has 5 rings (SSSR count). The Kier molecular flexibility index (Phi) is 9.94. The van der Waals surface area contributed by atoms with Crippen molar-refractivity contribution in [1.29, 1.82) is 0 Å². The number of furan rings is 1. The number of rotatable bonds is 9. The minimum Gasteiger partial charge on any atom is -0.451 e. The average Bonchev–Trinajstić information content (AvgIpc) is 3.44. The van der Waals surface area contributed by atoms with Crippen molar-refractivity contribution < 1.29 is 27.2 Å². The molecule has 1 saturated carbocycles. The van der Waals surface area contributed by atoms with E-state index in [0.717, 1.165) is 42.0 Å². The van der Waals surface area contributed by atoms with Gasteiger partial charge in [-0.3, -0.25) is 14.4 Å². The highest BCUT2D eigenvalue weighted by Crippen LogP contribution is 2.28. The molecule has 0 radical (unpaired) electrons. The Hall–Kier alpha value is -3.54. The standard InChI is InChI=1S/C31H35ClN4O6S/c32-23-13-11-22(12-14-23)27-15-16-28(42-27)31(39)35-25(19-21-7-2-1-3-8-21)30(38)34-24-9-6-18-36(20-26(24)37)43(40,41)29-10-4-5-17-33-29/h4-5,10-17,21,24-25H,1-3,6-9,18-20H2,(H,34,38)(H,35,39)/t24-,25-/m0/s1. The molecule has 0 bridgehead atoms. The Labute approximate surface area is 256 Å². The number of Topliss-reactive ketones (excluding diaryl/α,β-unsaturated/α-hetero) is 1. The highest BCUT2D eigenvalue weighted by molar-refractivity contribution is 7.89. The molecule has 12 heteroatoms. The molecule has 1 saturated heterocycles. The first-order valence-corrected chi connectivity index (χ1v) is 16.4. The van der Waals surface area contributed by atoms with Gasteiger partial charge in [-0.1, -0.05) is 49.8 Å². The maximum atomic E-state index is 13.6. The second kappa shape index (κ2) is 13.8. The second-order valence-corrected chi connectivity index (χ2v) is 13.4. The van der Waals surface area contributed by atoms with Gasteiger partial charge in [-0.05, 0) is 73.7 Å². The second-order valence-electron chi connectivity index (χ2n) is 11.1. The minimum atomic E-state index is -3.96. The first-order valence-electron chi connectivity index (χ1n) is 14.6. The number of carbonyl (C=O) groups is 3. The van der Waals surface area contributed by atoms with Crippen molar-refractivity contribution in [3.05, 3.63) is 71.6 Å². The van der Waals surface area contributed by atoms with Crippen LogP contribution >= 0.6 is 11.6 Å². The zero-order chi connectivity index (χ0) is 30.4. The van der Waals surface area contributed by atoms with Gasteiger partial charge in [0.1, 0.15) is 11.8 Å². The number of halogens is 1. The number of sulfonamides is 1. The number of hydrogen-bond acceptors (Lipinski definition) is 7. The van der Waals surface area contributed by atoms with Crippen molar-refractivity contribution in [3.63, 3.8) is 0 Å². The van der Waals surface area contributed by atoms with Gasteiger partial charge in [0.25, 0.3) is 15.9 Å². The zero-order valence-corrected chi connectivity index (χ0v) is 25.3. The lowest BCUT2D eigenvalue weighted by Gasteiger charge is -2.27. The number of ketones is 1. The van der Waals surface area contributed by atoms with Gasteiger partial charge in [0, 0.05) is 23.3 Å². The number of amides is 2. The van der Waals surface area contributed by atoms with Gasteiger partial charge in [-0.15, -0.1) is 0 Å². The van der Waals surface area contributed by atoms with Crippen molar-refractivity contribution in [2.24, 2.45) is 5.92 Å². The smallest absolute Gasteiger partial charge is 0.287 e. The molecule has 2 atom stereocenters. The molecule has 3 aromatic rings. The topological polar surface area (TPSA) is 139 Å². The van der Waals surface area contributed by atoms with Crippen LogP contribution in [0.15, 0.2) is 70.2 Å². The maximum Gasteiger partial charge on any atom is 0.287 e. The number of carbonyl (C=O) groups excluding carboxylic acids is 3. The van der Waals surface area contributed by atoms with E-state index in [4.69, 9.17) is 16.0 Å². The first-order chi connectivity index (χ1) is 20.7. The third kappa shape index (κ3) is 7.70. The van der Waals surface area contributed by atoms with Crippen molar-refractivity contribution in [1.82, 2.24) is 19.9 Å². The molecular formula is C31H35ClN4O6S. The fraction of sp³-hybridized carbons (Fsp3) is 0.419. The quantitative estimate of drug-likeness (QED) is 0.354. The van der Waals surface area contributed by atoms with Crippen LogP contribution in [0.25, 0.3) is 11.3 Å². The predicted octanol–water partition coefficient (Wildman–Crippen LogP) is 4.60. The molecule has 1 aromatic carbocycles. The van der Waals surface area contributed by atoms with Crippen molar-refractivity contribution >= 4 is 39.2 Å². The fourth-order valence-electron chi connectivity index (χ4n) is 5.70. The van der Waals surface area contributed by atoms with Crippen LogP contribution in [-0.4, -0.2) is 60.5 Å². The molecule has 0 unspecified atom stereocenters. The SMILES string of the molecule is O=C(N[C@@H](CC1CCCCC1)C(=O)N[C@H]1CCCN(S(=O)(=O)c2ccccn2)CC1=O)c1ccc(-c2ccc(Cl)cc2)o1. The van der Waals surface area contributed by atoms with Gasteiger partial charge in [0.15, 0.2) is 16.6 Å². The summed E-state index contributed by atoms with van der Waals surface area (Å²) in [6, 6.07) is 13.1. The van der Waals surface area contributed by atoms with E-state index in [1.165, 1.54) is 12.3 Å². The summed E-state index contributed by atoms with van der Waals surface area (Å²) in [7, 11) is -3.96. The van der Waals surface area contributed by atoms with Crippen LogP contribution in [0, 0.1) is 5.92 Å². The van der Waals surface area contributed by atoms with E-state index < -0.39 is 39.7 Å². The lowest BCUT2D eigenvalue weighted by molar-refractivity contribution is -0.129. The van der Waals surface area contributed by atoms with E-state index in [1.807, 2.05) is 0 Å². The summed E-state index contributed by atoms with van der Waals surface area (Å²) >= 11 is 5.98. The van der Waals surface area contributed by atoms with Gasteiger partial charge in [0.05, 0.1) is 12.6 Å². The molecule has 1 aliphatic heterocycles. The van der Waals surface area contributed by atoms with Crippen molar-refractivity contribution in [2.45, 2.75) is 68.5 Å². The largest absolute Gasteiger partial charge is 0.451 e. The first kappa shape index (κ1) is 30.9. The van der Waals surface area contributed by atoms with Crippen molar-refractivity contribution in [2.75, 3.05) is 13.1 Å². The van der Waals surface area contributed by atoms with Crippen LogP contribution in [0.2, 0.25) is 5.02 Å². The molecule has 10 nitrogen and oxygen atoms in total. The molecule has 2 aliphatic rings. The third-order valence-corrected chi connectivity index (χ3v) is 10.1. The Balaban J connectivity index is 1.27. The van der Waals surface area contributed by atoms with E-state index in [-0.39, 0.29) is 36.2 Å². The highest BCUT2D eigenvalue weighted by Gasteiger charge is 2.35. The van der Waals surface area contributed by atoms with Gasteiger partial charge in [-0.2, -0.15) is 4.31 Å². The van der Waals surface area contributed by atoms with Crippen molar-refractivity contribution in [3.8, 4) is 11.3 Å². The predicted molar refractivity (Wildman–Crippen MR) is 161 cm³/mol. The number of aromatic nitrogens is 1. The van der Waals surface area contributed by atoms with Gasteiger partial charge >= 0.3 is 0 Å². The summed E-state index contributed by atoms with van der Waals surface area (Å²) in [6.45, 7) is -0.239. The molecule has 3 heterocycles. The maximum absolute atomic E-state index is 13.6. The molecule has 0 spiro atoms. The van der Waals surface area contributed by atoms with Crippen LogP contribution < -0.4 is 10.6 Å². The Bertz CT molecular complexity index is 1540. The number of benzene rings is 1. The van der Waals surface area contributed by atoms with E-state index in [2.05, 4.69) is 15.6 Å². The minimum absolute atomic E-state index is 0.0623. The Morgan fingerprint density at radius 3 is 2.49 bits per heavy atom. The van der Waals surface area contributed by atoms with Gasteiger partial charge < -0.3 is 15.1 Å². The third-order valence-electron chi connectivity index (χ3n) is 8.05. The van der Waals surface area contributed by atoms with Crippen LogP contribution in [0.4, 0.5) is 0 Å². The highest BCUT2D eigenvalue weighted by atomic mass is 35.5. The lowest BCUT2D eigenvalue weighted by atomic mass is 9.84. The summed E-state index contributed by atoms with van der Waals surface area (Å²) in [4.78, 5) is 44.0. The Morgan fingerprint density at radius 1 is 1.00 bits per heavy atom. The van der Waals surface area contributed by atoms with Crippen LogP contribution in [-0.2, 0) is 19.6 Å². The van der Waals surface area contributed by atoms with Crippen LogP contribution in [0.3, 0.4) is 0 Å². The average molecular weight is 627 g/mol. The van der Waals surface area contributed by atoms with Crippen LogP contribution in [0.5, 0.6) is 0 Å². The van der Waals surface area contributed by atoms with Crippen LogP contribution in [0.1, 0.15) is 61.9 Å². The van der Waals surface area contributed by atoms with E-state index in [0.29, 0.717) is 23.6 Å². The summed E-state index contributed by atoms with van der Waals surface area (Å²) in [5.74, 6) is -0.600. The summed E-state index contributed by atoms with van der Waals surface area (Å²) < 4.78 is 33.0. The molecule has 228 valence electrons. The molecule has 2 N–H and O–H groups in total. The summed E-state index contributed by atoms with van der Waals surface area (Å²) in [5.41, 5.74) is 0.755. The number of nitrogens with one attached hydrogen (secondary N) is 2. The van der Waals surface area contributed by atoms with E-state index >= 15 is 0 Å². The van der Waals surface area contributed by atoms with E-state index in [9.17, 15) is 22.8 Å². The lowest BCUT2D eigenvalue weighted by Crippen LogP contribution is -2.53. The normalized spacial score (nSPS) is 19.4. The van der Waals surface area contributed by atoms with Gasteiger partial charge in [-0.25, -0.2) is 13.4 Å². The van der Waals surface area contributed by atoms with E-state index in [1.54, 1.807) is 48.5 Å². The molecule has 2 aromatic heterocycles. The number of nitrogens with zero attached hydrogens (tertiary/aromatic N) is 2. The molecular weight excluding hydrogens is 592 g/mol. The molecule has 43 heavy (non-hydrogen) atoms. The molecule has 2 fully saturated rings. The molecule has 1 aliphatic carbocycles. The van der Waals surface area contributed by atoms with Gasteiger partial charge in [0.2, 0.25) is 5.91 Å².